The molecule has 2 rings (SSSR count). The van der Waals surface area contributed by atoms with Gasteiger partial charge < -0.3 is 4.57 Å². The molecule has 0 fully saturated rings. The molecule has 0 saturated heterocycles. The lowest BCUT2D eigenvalue weighted by Gasteiger charge is -2.08. The van der Waals surface area contributed by atoms with Crippen molar-refractivity contribution in [1.82, 2.24) is 15.4 Å². The van der Waals surface area contributed by atoms with E-state index in [0.717, 1.165) is 29.0 Å². The largest absolute Gasteiger partial charge is 0.307 e. The zero-order valence-electron chi connectivity index (χ0n) is 13.1. The van der Waals surface area contributed by atoms with Gasteiger partial charge in [-0.05, 0) is 31.0 Å². The number of carbonyl (C=O) groups is 2. The summed E-state index contributed by atoms with van der Waals surface area (Å²) in [5.74, 6) is -0.717. The second-order valence-electron chi connectivity index (χ2n) is 5.10. The summed E-state index contributed by atoms with van der Waals surface area (Å²) in [5, 5.41) is 1.75. The van der Waals surface area contributed by atoms with Gasteiger partial charge in [0.15, 0.2) is 0 Å². The standard InChI is InChI=1S/C16H19N3O3S/c1-3-12-4-6-13(7-5-12)15(21)18-17-14(20)8-9-19-11(2)10-23-16(19)22/h4-7,10H,3,8-9H2,1-2H3,(H,17,20)(H,18,21). The molecular weight excluding hydrogens is 314 g/mol. The van der Waals surface area contributed by atoms with Gasteiger partial charge in [0, 0.05) is 29.6 Å². The number of thiazole rings is 1. The molecule has 0 aliphatic carbocycles. The maximum Gasteiger partial charge on any atom is 0.307 e. The summed E-state index contributed by atoms with van der Waals surface area (Å²) in [4.78, 5) is 35.1. The zero-order chi connectivity index (χ0) is 16.8. The number of carbonyl (C=O) groups excluding carboxylic acids is 2. The molecule has 0 radical (unpaired) electrons. The van der Waals surface area contributed by atoms with Gasteiger partial charge in [0.2, 0.25) is 5.91 Å². The van der Waals surface area contributed by atoms with Crippen LogP contribution in [0.4, 0.5) is 0 Å². The van der Waals surface area contributed by atoms with Crippen molar-refractivity contribution in [2.24, 2.45) is 0 Å². The maximum atomic E-state index is 11.9. The van der Waals surface area contributed by atoms with E-state index < -0.39 is 0 Å². The minimum Gasteiger partial charge on any atom is -0.303 e. The molecule has 0 bridgehead atoms. The molecule has 0 spiro atoms. The van der Waals surface area contributed by atoms with Crippen LogP contribution in [-0.2, 0) is 17.8 Å². The fraction of sp³-hybridized carbons (Fsp3) is 0.312. The van der Waals surface area contributed by atoms with Crippen LogP contribution < -0.4 is 15.7 Å². The van der Waals surface area contributed by atoms with Crippen molar-refractivity contribution in [3.8, 4) is 0 Å². The Hall–Kier alpha value is -2.41. The number of hydrogen-bond acceptors (Lipinski definition) is 4. The highest BCUT2D eigenvalue weighted by Gasteiger charge is 2.09. The molecule has 0 unspecified atom stereocenters. The second-order valence-corrected chi connectivity index (χ2v) is 5.92. The highest BCUT2D eigenvalue weighted by atomic mass is 32.1. The van der Waals surface area contributed by atoms with Crippen LogP contribution in [0.15, 0.2) is 34.4 Å². The molecule has 1 heterocycles. The normalized spacial score (nSPS) is 10.3. The Bertz CT molecular complexity index is 747. The van der Waals surface area contributed by atoms with Crippen LogP contribution in [-0.4, -0.2) is 16.4 Å². The monoisotopic (exact) mass is 333 g/mol. The molecule has 2 amide bonds. The van der Waals surface area contributed by atoms with Crippen LogP contribution in [0.3, 0.4) is 0 Å². The maximum absolute atomic E-state index is 11.9. The van der Waals surface area contributed by atoms with Crippen molar-refractivity contribution in [2.45, 2.75) is 33.2 Å². The average molecular weight is 333 g/mol. The number of amides is 2. The minimum atomic E-state index is -0.370. The van der Waals surface area contributed by atoms with E-state index in [2.05, 4.69) is 10.9 Å². The van der Waals surface area contributed by atoms with Gasteiger partial charge in [-0.1, -0.05) is 30.4 Å². The molecule has 1 aromatic carbocycles. The van der Waals surface area contributed by atoms with Crippen molar-refractivity contribution < 1.29 is 9.59 Å². The SMILES string of the molecule is CCc1ccc(C(=O)NNC(=O)CCn2c(C)csc2=O)cc1. The van der Waals surface area contributed by atoms with E-state index in [1.807, 2.05) is 26.0 Å². The van der Waals surface area contributed by atoms with Crippen LogP contribution in [0.5, 0.6) is 0 Å². The molecular formula is C16H19N3O3S. The summed E-state index contributed by atoms with van der Waals surface area (Å²) in [6, 6.07) is 7.19. The van der Waals surface area contributed by atoms with Gasteiger partial charge >= 0.3 is 4.87 Å². The Kier molecular flexibility index (Phi) is 5.70. The van der Waals surface area contributed by atoms with Gasteiger partial charge in [-0.15, -0.1) is 0 Å². The van der Waals surface area contributed by atoms with Crippen LogP contribution in [0.2, 0.25) is 0 Å². The quantitative estimate of drug-likeness (QED) is 0.816. The molecule has 6 nitrogen and oxygen atoms in total. The molecule has 0 saturated carbocycles. The van der Waals surface area contributed by atoms with Crippen molar-refractivity contribution in [3.05, 3.63) is 56.1 Å². The summed E-state index contributed by atoms with van der Waals surface area (Å²) in [6.07, 6.45) is 1.02. The first-order valence-electron chi connectivity index (χ1n) is 7.34. The van der Waals surface area contributed by atoms with Gasteiger partial charge in [0.25, 0.3) is 5.91 Å². The molecule has 0 aliphatic rings. The lowest BCUT2D eigenvalue weighted by atomic mass is 10.1. The summed E-state index contributed by atoms with van der Waals surface area (Å²) in [7, 11) is 0. The topological polar surface area (TPSA) is 80.2 Å². The van der Waals surface area contributed by atoms with Crippen molar-refractivity contribution in [2.75, 3.05) is 0 Å². The van der Waals surface area contributed by atoms with E-state index in [0.29, 0.717) is 12.1 Å². The van der Waals surface area contributed by atoms with E-state index in [1.165, 1.54) is 4.57 Å². The number of aromatic nitrogens is 1. The molecule has 1 aromatic heterocycles. The number of hydrazine groups is 1. The van der Waals surface area contributed by atoms with Gasteiger partial charge in [-0.25, -0.2) is 0 Å². The van der Waals surface area contributed by atoms with Crippen molar-refractivity contribution >= 4 is 23.2 Å². The minimum absolute atomic E-state index is 0.0876. The van der Waals surface area contributed by atoms with E-state index in [-0.39, 0.29) is 23.1 Å². The third-order valence-corrected chi connectivity index (χ3v) is 4.36. The summed E-state index contributed by atoms with van der Waals surface area (Å²) in [5.41, 5.74) is 7.18. The van der Waals surface area contributed by atoms with E-state index in [9.17, 15) is 14.4 Å². The molecule has 122 valence electrons. The Morgan fingerprint density at radius 3 is 2.43 bits per heavy atom. The number of nitrogens with zero attached hydrogens (tertiary/aromatic N) is 1. The number of aryl methyl sites for hydroxylation is 2. The lowest BCUT2D eigenvalue weighted by molar-refractivity contribution is -0.122. The van der Waals surface area contributed by atoms with Crippen molar-refractivity contribution in [3.63, 3.8) is 0 Å². The number of nitrogens with one attached hydrogen (secondary N) is 2. The molecule has 7 heteroatoms. The predicted octanol–water partition coefficient (Wildman–Crippen LogP) is 1.63. The highest BCUT2D eigenvalue weighted by Crippen LogP contribution is 2.04. The number of hydrogen-bond donors (Lipinski definition) is 2. The Morgan fingerprint density at radius 1 is 1.17 bits per heavy atom. The molecule has 2 N–H and O–H groups in total. The third-order valence-electron chi connectivity index (χ3n) is 3.48. The summed E-state index contributed by atoms with van der Waals surface area (Å²) >= 11 is 1.11. The Balaban J connectivity index is 1.81. The Labute approximate surface area is 138 Å². The first-order chi connectivity index (χ1) is 11.0. The predicted molar refractivity (Wildman–Crippen MR) is 89.4 cm³/mol. The highest BCUT2D eigenvalue weighted by molar-refractivity contribution is 7.07. The van der Waals surface area contributed by atoms with Gasteiger partial charge in [0.1, 0.15) is 0 Å². The number of rotatable bonds is 5. The fourth-order valence-electron chi connectivity index (χ4n) is 2.04. The third kappa shape index (κ3) is 4.53. The summed E-state index contributed by atoms with van der Waals surface area (Å²) in [6.45, 7) is 4.15. The first-order valence-corrected chi connectivity index (χ1v) is 8.22. The average Bonchev–Trinajstić information content (AvgIpc) is 2.89. The molecule has 23 heavy (non-hydrogen) atoms. The zero-order valence-corrected chi connectivity index (χ0v) is 13.9. The Morgan fingerprint density at radius 2 is 1.87 bits per heavy atom. The van der Waals surface area contributed by atoms with Crippen LogP contribution in [0.1, 0.15) is 35.0 Å². The lowest BCUT2D eigenvalue weighted by Crippen LogP contribution is -2.42. The van der Waals surface area contributed by atoms with Gasteiger partial charge in [-0.3, -0.25) is 25.2 Å². The van der Waals surface area contributed by atoms with Crippen LogP contribution >= 0.6 is 11.3 Å². The van der Waals surface area contributed by atoms with Gasteiger partial charge in [0.05, 0.1) is 0 Å². The smallest absolute Gasteiger partial charge is 0.303 e. The summed E-state index contributed by atoms with van der Waals surface area (Å²) < 4.78 is 1.54. The molecule has 2 aromatic rings. The fourth-order valence-corrected chi connectivity index (χ4v) is 2.80. The number of benzene rings is 1. The second kappa shape index (κ2) is 7.73. The van der Waals surface area contributed by atoms with E-state index in [1.54, 1.807) is 17.5 Å². The van der Waals surface area contributed by atoms with E-state index >= 15 is 0 Å². The first kappa shape index (κ1) is 17.0. The van der Waals surface area contributed by atoms with Gasteiger partial charge in [-0.2, -0.15) is 0 Å². The molecule has 0 aliphatic heterocycles. The molecule has 0 atom stereocenters. The van der Waals surface area contributed by atoms with Crippen molar-refractivity contribution in [1.29, 1.82) is 0 Å². The van der Waals surface area contributed by atoms with Crippen LogP contribution in [0.25, 0.3) is 0 Å². The van der Waals surface area contributed by atoms with Crippen LogP contribution in [0, 0.1) is 6.92 Å². The van der Waals surface area contributed by atoms with E-state index in [4.69, 9.17) is 0 Å².